The van der Waals surface area contributed by atoms with E-state index in [0.29, 0.717) is 29.2 Å². The number of methoxy groups -OCH3 is 1. The van der Waals surface area contributed by atoms with Crippen molar-refractivity contribution in [1.82, 2.24) is 9.88 Å². The van der Waals surface area contributed by atoms with Crippen molar-refractivity contribution in [2.24, 2.45) is 0 Å². The highest BCUT2D eigenvalue weighted by atomic mass is 16.5. The Kier molecular flexibility index (Phi) is 7.34. The van der Waals surface area contributed by atoms with Crippen LogP contribution in [0.15, 0.2) is 72.6 Å². The number of aliphatic hydroxyl groups is 1. The molecule has 4 rings (SSSR count). The molecule has 37 heavy (non-hydrogen) atoms. The molecule has 1 fully saturated rings. The molecule has 1 aromatic heterocycles. The summed E-state index contributed by atoms with van der Waals surface area (Å²) in [4.78, 5) is 32.4. The summed E-state index contributed by atoms with van der Waals surface area (Å²) in [5.41, 5.74) is 2.43. The zero-order valence-electron chi connectivity index (χ0n) is 21.8. The first-order valence-electron chi connectivity index (χ1n) is 12.2. The number of pyridine rings is 1. The van der Waals surface area contributed by atoms with Gasteiger partial charge in [0.1, 0.15) is 17.3 Å². The second-order valence-corrected chi connectivity index (χ2v) is 9.92. The molecule has 192 valence electrons. The van der Waals surface area contributed by atoms with E-state index in [0.717, 1.165) is 11.1 Å². The average molecular weight is 501 g/mol. The molecule has 2 aromatic carbocycles. The number of ketones is 1. The number of para-hydroxylation sites is 1. The van der Waals surface area contributed by atoms with Crippen LogP contribution in [0.25, 0.3) is 5.76 Å². The molecule has 1 atom stereocenters. The lowest BCUT2D eigenvalue weighted by molar-refractivity contribution is -0.140. The predicted molar refractivity (Wildman–Crippen MR) is 141 cm³/mol. The van der Waals surface area contributed by atoms with Crippen molar-refractivity contribution in [2.45, 2.75) is 45.7 Å². The summed E-state index contributed by atoms with van der Waals surface area (Å²) in [5.74, 6) is -0.452. The number of benzene rings is 2. The highest BCUT2D eigenvalue weighted by Gasteiger charge is 2.47. The van der Waals surface area contributed by atoms with Gasteiger partial charge >= 0.3 is 0 Å². The number of nitrogens with zero attached hydrogens (tertiary/aromatic N) is 2. The van der Waals surface area contributed by atoms with Crippen LogP contribution in [0.4, 0.5) is 0 Å². The topological polar surface area (TPSA) is 89.0 Å². The lowest BCUT2D eigenvalue weighted by Gasteiger charge is -2.27. The summed E-state index contributed by atoms with van der Waals surface area (Å²) < 4.78 is 11.4. The maximum atomic E-state index is 13.5. The summed E-state index contributed by atoms with van der Waals surface area (Å²) in [6.45, 7) is 8.72. The Hall–Kier alpha value is -4.13. The van der Waals surface area contributed by atoms with Gasteiger partial charge in [0.05, 0.1) is 25.3 Å². The average Bonchev–Trinajstić information content (AvgIpc) is 3.13. The molecule has 0 saturated carbocycles. The van der Waals surface area contributed by atoms with E-state index < -0.39 is 17.7 Å². The Morgan fingerprint density at radius 1 is 1.05 bits per heavy atom. The minimum Gasteiger partial charge on any atom is -0.507 e. The van der Waals surface area contributed by atoms with E-state index in [1.165, 1.54) is 12.0 Å². The Labute approximate surface area is 217 Å². The Bertz CT molecular complexity index is 1340. The lowest BCUT2D eigenvalue weighted by atomic mass is 9.84. The fourth-order valence-corrected chi connectivity index (χ4v) is 4.65. The first kappa shape index (κ1) is 25.9. The zero-order chi connectivity index (χ0) is 26.7. The van der Waals surface area contributed by atoms with E-state index in [4.69, 9.17) is 9.47 Å². The van der Waals surface area contributed by atoms with Crippen LogP contribution in [-0.2, 0) is 21.5 Å². The number of ether oxygens (including phenoxy) is 2. The van der Waals surface area contributed by atoms with Crippen LogP contribution in [0, 0.1) is 0 Å². The molecule has 1 unspecified atom stereocenters. The van der Waals surface area contributed by atoms with Gasteiger partial charge in [-0.05, 0) is 48.2 Å². The van der Waals surface area contributed by atoms with Gasteiger partial charge in [-0.1, -0.05) is 45.0 Å². The Morgan fingerprint density at radius 2 is 1.81 bits per heavy atom. The van der Waals surface area contributed by atoms with Gasteiger partial charge in [0.2, 0.25) is 0 Å². The minimum absolute atomic E-state index is 0.0161. The van der Waals surface area contributed by atoms with Gasteiger partial charge < -0.3 is 19.5 Å². The van der Waals surface area contributed by atoms with Crippen LogP contribution in [-0.4, -0.2) is 40.4 Å². The van der Waals surface area contributed by atoms with E-state index in [1.807, 2.05) is 31.2 Å². The number of rotatable bonds is 7. The highest BCUT2D eigenvalue weighted by molar-refractivity contribution is 6.46. The van der Waals surface area contributed by atoms with E-state index in [1.54, 1.807) is 42.7 Å². The van der Waals surface area contributed by atoms with Crippen molar-refractivity contribution >= 4 is 17.4 Å². The SMILES string of the molecule is CCOc1ccc(/C(O)=C2\C(=O)C(=O)N(Cc3cccnc3)C2c2ccccc2OC)cc1C(C)(C)C. The molecule has 0 aliphatic carbocycles. The summed E-state index contributed by atoms with van der Waals surface area (Å²) in [6, 6.07) is 15.3. The number of carbonyl (C=O) groups is 2. The summed E-state index contributed by atoms with van der Waals surface area (Å²) >= 11 is 0. The molecule has 2 heterocycles. The summed E-state index contributed by atoms with van der Waals surface area (Å²) in [5, 5.41) is 11.6. The molecule has 7 nitrogen and oxygen atoms in total. The quantitative estimate of drug-likeness (QED) is 0.265. The molecular formula is C30H32N2O5. The summed E-state index contributed by atoms with van der Waals surface area (Å²) in [7, 11) is 1.54. The Morgan fingerprint density at radius 3 is 2.46 bits per heavy atom. The molecule has 1 saturated heterocycles. The van der Waals surface area contributed by atoms with Gasteiger partial charge in [-0.3, -0.25) is 14.6 Å². The van der Waals surface area contributed by atoms with Crippen molar-refractivity contribution in [3.63, 3.8) is 0 Å². The molecule has 7 heteroatoms. The molecule has 0 spiro atoms. The van der Waals surface area contributed by atoms with E-state index in [9.17, 15) is 14.7 Å². The number of amides is 1. The molecule has 1 aliphatic heterocycles. The largest absolute Gasteiger partial charge is 0.507 e. The maximum absolute atomic E-state index is 13.5. The normalized spacial score (nSPS) is 17.2. The predicted octanol–water partition coefficient (Wildman–Crippen LogP) is 5.41. The lowest BCUT2D eigenvalue weighted by Crippen LogP contribution is -2.29. The van der Waals surface area contributed by atoms with Gasteiger partial charge in [-0.2, -0.15) is 0 Å². The number of carbonyl (C=O) groups excluding carboxylic acids is 2. The van der Waals surface area contributed by atoms with E-state index in [-0.39, 0.29) is 23.3 Å². The maximum Gasteiger partial charge on any atom is 0.295 e. The standard InChI is InChI=1S/C30H32N2O5/c1-6-37-24-14-13-20(16-22(24)30(2,3)4)27(33)25-26(21-11-7-8-12-23(21)36-5)32(29(35)28(25)34)18-19-10-9-15-31-17-19/h7-17,26,33H,6,18H2,1-5H3/b27-25+. The Balaban J connectivity index is 1.92. The second-order valence-electron chi connectivity index (χ2n) is 9.92. The molecule has 1 amide bonds. The highest BCUT2D eigenvalue weighted by Crippen LogP contribution is 2.44. The monoisotopic (exact) mass is 500 g/mol. The third kappa shape index (κ3) is 5.07. The van der Waals surface area contributed by atoms with E-state index in [2.05, 4.69) is 25.8 Å². The first-order valence-corrected chi connectivity index (χ1v) is 12.2. The molecule has 0 bridgehead atoms. The van der Waals surface area contributed by atoms with Crippen LogP contribution in [0.3, 0.4) is 0 Å². The van der Waals surface area contributed by atoms with Gasteiger partial charge in [-0.25, -0.2) is 0 Å². The number of Topliss-reactive ketones (excluding diaryl/α,β-unsaturated/α-hetero) is 1. The third-order valence-corrected chi connectivity index (χ3v) is 6.41. The first-order chi connectivity index (χ1) is 17.7. The van der Waals surface area contributed by atoms with Crippen molar-refractivity contribution in [3.8, 4) is 11.5 Å². The van der Waals surface area contributed by atoms with Gasteiger partial charge in [0.15, 0.2) is 0 Å². The van der Waals surface area contributed by atoms with Gasteiger partial charge in [-0.15, -0.1) is 0 Å². The molecule has 1 aliphatic rings. The minimum atomic E-state index is -0.846. The fraction of sp³-hybridized carbons (Fsp3) is 0.300. The van der Waals surface area contributed by atoms with Crippen LogP contribution >= 0.6 is 0 Å². The van der Waals surface area contributed by atoms with Crippen LogP contribution in [0.5, 0.6) is 11.5 Å². The number of hydrogen-bond donors (Lipinski definition) is 1. The second kappa shape index (κ2) is 10.5. The molecule has 1 N–H and O–H groups in total. The molecular weight excluding hydrogens is 468 g/mol. The zero-order valence-corrected chi connectivity index (χ0v) is 21.8. The fourth-order valence-electron chi connectivity index (χ4n) is 4.65. The number of hydrogen-bond acceptors (Lipinski definition) is 6. The smallest absolute Gasteiger partial charge is 0.295 e. The number of aliphatic hydroxyl groups excluding tert-OH is 1. The van der Waals surface area contributed by atoms with Crippen molar-refractivity contribution in [2.75, 3.05) is 13.7 Å². The molecule has 0 radical (unpaired) electrons. The third-order valence-electron chi connectivity index (χ3n) is 6.41. The summed E-state index contributed by atoms with van der Waals surface area (Å²) in [6.07, 6.45) is 3.30. The van der Waals surface area contributed by atoms with Crippen LogP contribution in [0.1, 0.15) is 56.0 Å². The van der Waals surface area contributed by atoms with Gasteiger partial charge in [0.25, 0.3) is 11.7 Å². The van der Waals surface area contributed by atoms with Gasteiger partial charge in [0, 0.05) is 35.6 Å². The molecule has 3 aromatic rings. The number of aromatic nitrogens is 1. The van der Waals surface area contributed by atoms with Crippen molar-refractivity contribution in [3.05, 3.63) is 94.8 Å². The van der Waals surface area contributed by atoms with E-state index >= 15 is 0 Å². The number of likely N-dealkylation sites (tertiary alicyclic amines) is 1. The van der Waals surface area contributed by atoms with Crippen molar-refractivity contribution in [1.29, 1.82) is 0 Å². The van der Waals surface area contributed by atoms with Crippen LogP contribution in [0.2, 0.25) is 0 Å². The van der Waals surface area contributed by atoms with Crippen LogP contribution < -0.4 is 9.47 Å². The van der Waals surface area contributed by atoms with Crippen molar-refractivity contribution < 1.29 is 24.2 Å².